The first-order valence-corrected chi connectivity index (χ1v) is 11.3. The predicted octanol–water partition coefficient (Wildman–Crippen LogP) is 4.26. The molecule has 0 spiro atoms. The van der Waals surface area contributed by atoms with Crippen LogP contribution in [0.3, 0.4) is 0 Å². The van der Waals surface area contributed by atoms with Crippen molar-refractivity contribution in [3.63, 3.8) is 0 Å². The quantitative estimate of drug-likeness (QED) is 0.605. The summed E-state index contributed by atoms with van der Waals surface area (Å²) in [6.07, 6.45) is 0.544. The fraction of sp³-hybridized carbons (Fsp3) is 0.231. The van der Waals surface area contributed by atoms with E-state index in [0.717, 1.165) is 30.0 Å². The highest BCUT2D eigenvalue weighted by atomic mass is 35.5. The van der Waals surface area contributed by atoms with E-state index in [1.54, 1.807) is 17.0 Å². The van der Waals surface area contributed by atoms with Gasteiger partial charge in [-0.05, 0) is 42.0 Å². The van der Waals surface area contributed by atoms with E-state index in [4.69, 9.17) is 11.6 Å². The first kappa shape index (κ1) is 20.6. The van der Waals surface area contributed by atoms with E-state index < -0.39 is 6.04 Å². The van der Waals surface area contributed by atoms with Gasteiger partial charge in [0.1, 0.15) is 6.04 Å². The molecule has 0 saturated carbocycles. The van der Waals surface area contributed by atoms with Crippen LogP contribution < -0.4 is 9.80 Å². The molecular weight excluding hydrogens is 422 g/mol. The summed E-state index contributed by atoms with van der Waals surface area (Å²) in [5, 5.41) is 0.708. The van der Waals surface area contributed by atoms with Crippen LogP contribution in [0.1, 0.15) is 15.9 Å². The minimum Gasteiger partial charge on any atom is -0.368 e. The Hall–Kier alpha value is -3.31. The van der Waals surface area contributed by atoms with Crippen molar-refractivity contribution in [1.82, 2.24) is 4.90 Å². The van der Waals surface area contributed by atoms with Crippen LogP contribution in [-0.4, -0.2) is 48.9 Å². The highest BCUT2D eigenvalue weighted by Gasteiger charge is 2.41. The maximum atomic E-state index is 13.6. The number of rotatable bonds is 3. The largest absolute Gasteiger partial charge is 0.368 e. The monoisotopic (exact) mass is 445 g/mol. The lowest BCUT2D eigenvalue weighted by Gasteiger charge is -2.38. The molecule has 5 rings (SSSR count). The fourth-order valence-corrected chi connectivity index (χ4v) is 4.81. The summed E-state index contributed by atoms with van der Waals surface area (Å²) in [4.78, 5) is 32.8. The molecule has 2 aliphatic rings. The van der Waals surface area contributed by atoms with Crippen LogP contribution in [0.25, 0.3) is 0 Å². The molecule has 6 heteroatoms. The summed E-state index contributed by atoms with van der Waals surface area (Å²) in [6, 6.07) is 24.3. The van der Waals surface area contributed by atoms with Crippen LogP contribution in [0.5, 0.6) is 0 Å². The number of hydrogen-bond donors (Lipinski definition) is 0. The first-order valence-electron chi connectivity index (χ1n) is 10.9. The summed E-state index contributed by atoms with van der Waals surface area (Å²) in [6.45, 7) is 2.70. The Labute approximate surface area is 192 Å². The number of piperazine rings is 1. The van der Waals surface area contributed by atoms with Gasteiger partial charge in [-0.2, -0.15) is 0 Å². The second-order valence-electron chi connectivity index (χ2n) is 8.18. The first-order chi connectivity index (χ1) is 15.6. The topological polar surface area (TPSA) is 43.9 Å². The number of anilines is 2. The van der Waals surface area contributed by atoms with Gasteiger partial charge in [-0.25, -0.2) is 0 Å². The van der Waals surface area contributed by atoms with E-state index in [2.05, 4.69) is 4.90 Å². The molecule has 162 valence electrons. The molecule has 0 aliphatic carbocycles. The minimum absolute atomic E-state index is 0.0104. The number of nitrogens with zero attached hydrogens (tertiary/aromatic N) is 3. The molecular formula is C26H24ClN3O2. The highest BCUT2D eigenvalue weighted by molar-refractivity contribution is 6.30. The third-order valence-electron chi connectivity index (χ3n) is 6.27. The van der Waals surface area contributed by atoms with E-state index in [-0.39, 0.29) is 11.8 Å². The number of fused-ring (bicyclic) bond motifs is 1. The molecule has 2 heterocycles. The molecule has 0 bridgehead atoms. The maximum Gasteiger partial charge on any atom is 0.259 e. The van der Waals surface area contributed by atoms with Gasteiger partial charge in [-0.3, -0.25) is 14.5 Å². The van der Waals surface area contributed by atoms with Crippen molar-refractivity contribution in [3.8, 4) is 0 Å². The summed E-state index contributed by atoms with van der Waals surface area (Å²) in [5.74, 6) is -0.123. The van der Waals surface area contributed by atoms with Gasteiger partial charge in [0.2, 0.25) is 5.91 Å². The molecule has 0 N–H and O–H groups in total. The third-order valence-corrected chi connectivity index (χ3v) is 6.50. The Bertz CT molecular complexity index is 1140. The number of para-hydroxylation sites is 1. The smallest absolute Gasteiger partial charge is 0.259 e. The van der Waals surface area contributed by atoms with Gasteiger partial charge < -0.3 is 9.80 Å². The maximum absolute atomic E-state index is 13.6. The number of halogens is 1. The molecule has 0 aromatic heterocycles. The van der Waals surface area contributed by atoms with Crippen LogP contribution in [0.2, 0.25) is 5.02 Å². The third kappa shape index (κ3) is 3.84. The number of carbonyl (C=O) groups excluding carboxylic acids is 2. The Morgan fingerprint density at radius 2 is 1.53 bits per heavy atom. The van der Waals surface area contributed by atoms with Crippen LogP contribution in [0, 0.1) is 0 Å². The Morgan fingerprint density at radius 1 is 0.812 bits per heavy atom. The van der Waals surface area contributed by atoms with Crippen molar-refractivity contribution < 1.29 is 9.59 Å². The lowest BCUT2D eigenvalue weighted by Crippen LogP contribution is -2.55. The molecule has 3 aromatic carbocycles. The Morgan fingerprint density at radius 3 is 2.28 bits per heavy atom. The second kappa shape index (κ2) is 8.67. The van der Waals surface area contributed by atoms with Gasteiger partial charge in [0.25, 0.3) is 5.91 Å². The van der Waals surface area contributed by atoms with E-state index >= 15 is 0 Å². The van der Waals surface area contributed by atoms with Gasteiger partial charge in [0, 0.05) is 54.6 Å². The fourth-order valence-electron chi connectivity index (χ4n) is 4.62. The van der Waals surface area contributed by atoms with Crippen LogP contribution in [0.4, 0.5) is 11.4 Å². The Balaban J connectivity index is 1.35. The lowest BCUT2D eigenvalue weighted by atomic mass is 10.1. The normalized spacial score (nSPS) is 17.9. The lowest BCUT2D eigenvalue weighted by molar-refractivity contribution is -0.132. The minimum atomic E-state index is -0.516. The van der Waals surface area contributed by atoms with Gasteiger partial charge in [-0.1, -0.05) is 54.1 Å². The molecule has 0 radical (unpaired) electrons. The average molecular weight is 446 g/mol. The second-order valence-corrected chi connectivity index (χ2v) is 8.62. The zero-order chi connectivity index (χ0) is 22.1. The van der Waals surface area contributed by atoms with Gasteiger partial charge in [0.15, 0.2) is 0 Å². The van der Waals surface area contributed by atoms with Crippen LogP contribution in [-0.2, 0) is 11.2 Å². The SMILES string of the molecule is O=C([C@H]1Cc2ccccc2N1C(=O)c1ccccc1)N1CCN(c2cccc(Cl)c2)CC1. The zero-order valence-electron chi connectivity index (χ0n) is 17.7. The summed E-state index contributed by atoms with van der Waals surface area (Å²) in [7, 11) is 0. The van der Waals surface area contributed by atoms with Crippen molar-refractivity contribution in [2.24, 2.45) is 0 Å². The number of benzene rings is 3. The molecule has 1 atom stereocenters. The predicted molar refractivity (Wildman–Crippen MR) is 127 cm³/mol. The summed E-state index contributed by atoms with van der Waals surface area (Å²) in [5.41, 5.74) is 3.52. The molecule has 32 heavy (non-hydrogen) atoms. The molecule has 5 nitrogen and oxygen atoms in total. The van der Waals surface area contributed by atoms with E-state index in [9.17, 15) is 9.59 Å². The van der Waals surface area contributed by atoms with Crippen LogP contribution in [0.15, 0.2) is 78.9 Å². The highest BCUT2D eigenvalue weighted by Crippen LogP contribution is 2.34. The molecule has 2 amide bonds. The van der Waals surface area contributed by atoms with E-state index in [0.29, 0.717) is 30.1 Å². The molecule has 1 fully saturated rings. The molecule has 2 aliphatic heterocycles. The molecule has 3 aromatic rings. The number of hydrogen-bond acceptors (Lipinski definition) is 3. The average Bonchev–Trinajstić information content (AvgIpc) is 3.23. The zero-order valence-corrected chi connectivity index (χ0v) is 18.4. The van der Waals surface area contributed by atoms with E-state index in [1.807, 2.05) is 71.6 Å². The Kier molecular flexibility index (Phi) is 5.58. The standard InChI is InChI=1S/C26H24ClN3O2/c27-21-10-6-11-22(18-21)28-13-15-29(16-14-28)26(32)24-17-20-9-4-5-12-23(20)30(24)25(31)19-7-2-1-3-8-19/h1-12,18,24H,13-17H2/t24-/m1/s1. The van der Waals surface area contributed by atoms with Crippen molar-refractivity contribution >= 4 is 34.8 Å². The molecule has 1 saturated heterocycles. The van der Waals surface area contributed by atoms with Crippen LogP contribution >= 0.6 is 11.6 Å². The van der Waals surface area contributed by atoms with E-state index in [1.165, 1.54) is 0 Å². The number of carbonyl (C=O) groups is 2. The van der Waals surface area contributed by atoms with Crippen molar-refractivity contribution in [2.75, 3.05) is 36.0 Å². The summed E-state index contributed by atoms with van der Waals surface area (Å²) >= 11 is 6.14. The van der Waals surface area contributed by atoms with Gasteiger partial charge >= 0.3 is 0 Å². The van der Waals surface area contributed by atoms with Crippen molar-refractivity contribution in [1.29, 1.82) is 0 Å². The van der Waals surface area contributed by atoms with Gasteiger partial charge in [-0.15, -0.1) is 0 Å². The number of amides is 2. The van der Waals surface area contributed by atoms with Crippen molar-refractivity contribution in [3.05, 3.63) is 95.0 Å². The molecule has 0 unspecified atom stereocenters. The van der Waals surface area contributed by atoms with Crippen molar-refractivity contribution in [2.45, 2.75) is 12.5 Å². The van der Waals surface area contributed by atoms with Gasteiger partial charge in [0.05, 0.1) is 0 Å². The summed E-state index contributed by atoms with van der Waals surface area (Å²) < 4.78 is 0.